The SMILES string of the molecule is Cc1csc(NS(=O)(=O)c2cc(CO)c(C)cc2C)n1. The van der Waals surface area contributed by atoms with Gasteiger partial charge in [-0.2, -0.15) is 0 Å². The lowest BCUT2D eigenvalue weighted by molar-refractivity contribution is 0.280. The van der Waals surface area contributed by atoms with E-state index >= 15 is 0 Å². The molecule has 5 nitrogen and oxygen atoms in total. The topological polar surface area (TPSA) is 79.3 Å². The van der Waals surface area contributed by atoms with Gasteiger partial charge in [-0.3, -0.25) is 4.72 Å². The van der Waals surface area contributed by atoms with Crippen LogP contribution in [0.3, 0.4) is 0 Å². The van der Waals surface area contributed by atoms with Crippen LogP contribution in [0.4, 0.5) is 5.13 Å². The van der Waals surface area contributed by atoms with E-state index in [-0.39, 0.29) is 11.5 Å². The van der Waals surface area contributed by atoms with Gasteiger partial charge in [0.15, 0.2) is 5.13 Å². The first kappa shape index (κ1) is 15.0. The van der Waals surface area contributed by atoms with Gasteiger partial charge in [-0.15, -0.1) is 11.3 Å². The van der Waals surface area contributed by atoms with Crippen molar-refractivity contribution < 1.29 is 13.5 Å². The zero-order valence-electron chi connectivity index (χ0n) is 11.5. The van der Waals surface area contributed by atoms with Gasteiger partial charge in [0.25, 0.3) is 10.0 Å². The Labute approximate surface area is 122 Å². The second-order valence-electron chi connectivity index (χ2n) is 4.60. The van der Waals surface area contributed by atoms with Crippen LogP contribution < -0.4 is 4.72 Å². The highest BCUT2D eigenvalue weighted by Gasteiger charge is 2.19. The molecule has 0 unspecified atom stereocenters. The van der Waals surface area contributed by atoms with Gasteiger partial charge in [0.1, 0.15) is 0 Å². The zero-order chi connectivity index (χ0) is 14.9. The van der Waals surface area contributed by atoms with Crippen molar-refractivity contribution in [1.29, 1.82) is 0 Å². The highest BCUT2D eigenvalue weighted by atomic mass is 32.2. The minimum absolute atomic E-state index is 0.167. The van der Waals surface area contributed by atoms with E-state index in [1.807, 2.05) is 6.92 Å². The number of thiazole rings is 1. The van der Waals surface area contributed by atoms with E-state index in [0.29, 0.717) is 16.3 Å². The second-order valence-corrected chi connectivity index (χ2v) is 7.11. The van der Waals surface area contributed by atoms with Gasteiger partial charge in [0, 0.05) is 5.38 Å². The Balaban J connectivity index is 2.43. The molecule has 0 aliphatic rings. The van der Waals surface area contributed by atoms with E-state index in [9.17, 15) is 13.5 Å². The molecule has 0 bridgehead atoms. The largest absolute Gasteiger partial charge is 0.392 e. The summed E-state index contributed by atoms with van der Waals surface area (Å²) in [5, 5.41) is 11.4. The number of aryl methyl sites for hydroxylation is 3. The van der Waals surface area contributed by atoms with E-state index in [1.165, 1.54) is 17.4 Å². The molecular formula is C13H16N2O3S2. The monoisotopic (exact) mass is 312 g/mol. The van der Waals surface area contributed by atoms with Crippen molar-refractivity contribution in [2.75, 3.05) is 4.72 Å². The van der Waals surface area contributed by atoms with Crippen LogP contribution in [0.1, 0.15) is 22.4 Å². The lowest BCUT2D eigenvalue weighted by Gasteiger charge is -2.12. The molecule has 0 aliphatic heterocycles. The van der Waals surface area contributed by atoms with E-state index in [0.717, 1.165) is 11.3 Å². The minimum atomic E-state index is -3.69. The highest BCUT2D eigenvalue weighted by Crippen LogP contribution is 2.24. The third kappa shape index (κ3) is 3.00. The predicted molar refractivity (Wildman–Crippen MR) is 79.5 cm³/mol. The van der Waals surface area contributed by atoms with E-state index in [2.05, 4.69) is 9.71 Å². The molecule has 2 rings (SSSR count). The van der Waals surface area contributed by atoms with Crippen LogP contribution in [0, 0.1) is 20.8 Å². The first-order valence-corrected chi connectivity index (χ1v) is 8.35. The maximum Gasteiger partial charge on any atom is 0.263 e. The number of benzene rings is 1. The lowest BCUT2D eigenvalue weighted by Crippen LogP contribution is -2.15. The minimum Gasteiger partial charge on any atom is -0.392 e. The molecule has 1 aromatic carbocycles. The van der Waals surface area contributed by atoms with Gasteiger partial charge >= 0.3 is 0 Å². The summed E-state index contributed by atoms with van der Waals surface area (Å²) in [5.74, 6) is 0. The summed E-state index contributed by atoms with van der Waals surface area (Å²) >= 11 is 1.24. The molecule has 0 atom stereocenters. The van der Waals surface area contributed by atoms with Crippen molar-refractivity contribution >= 4 is 26.5 Å². The number of aromatic nitrogens is 1. The Morgan fingerprint density at radius 2 is 1.95 bits per heavy atom. The van der Waals surface area contributed by atoms with Crippen molar-refractivity contribution in [2.24, 2.45) is 0 Å². The third-order valence-electron chi connectivity index (χ3n) is 2.93. The molecule has 1 heterocycles. The van der Waals surface area contributed by atoms with E-state index in [1.54, 1.807) is 25.3 Å². The fraction of sp³-hybridized carbons (Fsp3) is 0.308. The van der Waals surface area contributed by atoms with Crippen LogP contribution in [0.25, 0.3) is 0 Å². The molecule has 1 aromatic heterocycles. The molecule has 0 saturated carbocycles. The Morgan fingerprint density at radius 1 is 1.25 bits per heavy atom. The summed E-state index contributed by atoms with van der Waals surface area (Å²) in [6, 6.07) is 3.26. The normalized spacial score (nSPS) is 11.6. The van der Waals surface area contributed by atoms with Gasteiger partial charge in [-0.25, -0.2) is 13.4 Å². The Hall–Kier alpha value is -1.44. The summed E-state index contributed by atoms with van der Waals surface area (Å²) in [4.78, 5) is 4.26. The van der Waals surface area contributed by atoms with Gasteiger partial charge in [0.05, 0.1) is 17.2 Å². The molecule has 2 aromatic rings. The fourth-order valence-corrected chi connectivity index (χ4v) is 4.12. The number of hydrogen-bond acceptors (Lipinski definition) is 5. The number of anilines is 1. The van der Waals surface area contributed by atoms with Crippen molar-refractivity contribution in [2.45, 2.75) is 32.3 Å². The number of aliphatic hydroxyl groups is 1. The third-order valence-corrected chi connectivity index (χ3v) is 5.42. The number of aliphatic hydroxyl groups excluding tert-OH is 1. The van der Waals surface area contributed by atoms with Crippen LogP contribution in [0.5, 0.6) is 0 Å². The van der Waals surface area contributed by atoms with Crippen molar-refractivity contribution in [3.63, 3.8) is 0 Å². The van der Waals surface area contributed by atoms with Crippen LogP contribution in [0.15, 0.2) is 22.4 Å². The summed E-state index contributed by atoms with van der Waals surface area (Å²) in [6.07, 6.45) is 0. The van der Waals surface area contributed by atoms with Crippen molar-refractivity contribution in [3.8, 4) is 0 Å². The van der Waals surface area contributed by atoms with E-state index < -0.39 is 10.0 Å². The molecule has 0 aliphatic carbocycles. The molecule has 108 valence electrons. The number of nitrogens with one attached hydrogen (secondary N) is 1. The molecular weight excluding hydrogens is 296 g/mol. The molecule has 0 radical (unpaired) electrons. The highest BCUT2D eigenvalue weighted by molar-refractivity contribution is 7.93. The van der Waals surface area contributed by atoms with Gasteiger partial charge in [-0.1, -0.05) is 6.07 Å². The zero-order valence-corrected chi connectivity index (χ0v) is 13.1. The Kier molecular flexibility index (Phi) is 4.12. The Morgan fingerprint density at radius 3 is 2.50 bits per heavy atom. The van der Waals surface area contributed by atoms with Gasteiger partial charge in [0.2, 0.25) is 0 Å². The van der Waals surface area contributed by atoms with Gasteiger partial charge < -0.3 is 5.11 Å². The summed E-state index contributed by atoms with van der Waals surface area (Å²) in [6.45, 7) is 5.18. The van der Waals surface area contributed by atoms with Crippen molar-refractivity contribution in [3.05, 3.63) is 39.9 Å². The number of rotatable bonds is 4. The Bertz CT molecular complexity index is 736. The smallest absolute Gasteiger partial charge is 0.263 e. The summed E-state index contributed by atoms with van der Waals surface area (Å²) in [7, 11) is -3.69. The van der Waals surface area contributed by atoms with E-state index in [4.69, 9.17) is 0 Å². The molecule has 2 N–H and O–H groups in total. The van der Waals surface area contributed by atoms with Crippen LogP contribution in [-0.2, 0) is 16.6 Å². The molecule has 0 fully saturated rings. The average Bonchev–Trinajstić information content (AvgIpc) is 2.73. The fourth-order valence-electron chi connectivity index (χ4n) is 1.91. The number of nitrogens with zero attached hydrogens (tertiary/aromatic N) is 1. The summed E-state index contributed by atoms with van der Waals surface area (Å²) < 4.78 is 27.2. The maximum atomic E-state index is 12.4. The summed E-state index contributed by atoms with van der Waals surface area (Å²) in [5.41, 5.74) is 2.88. The van der Waals surface area contributed by atoms with Crippen molar-refractivity contribution in [1.82, 2.24) is 4.98 Å². The molecule has 0 spiro atoms. The predicted octanol–water partition coefficient (Wildman–Crippen LogP) is 2.36. The quantitative estimate of drug-likeness (QED) is 0.908. The van der Waals surface area contributed by atoms with Crippen LogP contribution in [0.2, 0.25) is 0 Å². The molecule has 0 amide bonds. The lowest BCUT2D eigenvalue weighted by atomic mass is 10.1. The molecule has 20 heavy (non-hydrogen) atoms. The average molecular weight is 312 g/mol. The first-order valence-electron chi connectivity index (χ1n) is 5.99. The second kappa shape index (κ2) is 5.51. The number of hydrogen-bond donors (Lipinski definition) is 2. The van der Waals surface area contributed by atoms with Gasteiger partial charge in [-0.05, 0) is 43.5 Å². The van der Waals surface area contributed by atoms with Crippen LogP contribution in [-0.4, -0.2) is 18.5 Å². The molecule has 0 saturated heterocycles. The van der Waals surface area contributed by atoms with Crippen LogP contribution >= 0.6 is 11.3 Å². The maximum absolute atomic E-state index is 12.4. The standard InChI is InChI=1S/C13H16N2O3S2/c1-8-4-9(2)12(5-11(8)6-16)20(17,18)15-13-14-10(3)7-19-13/h4-5,7,16H,6H2,1-3H3,(H,14,15). The number of sulfonamides is 1. The molecule has 7 heteroatoms. The first-order chi connectivity index (χ1) is 9.33.